The quantitative estimate of drug-likeness (QED) is 0.667. The first-order valence-electron chi connectivity index (χ1n) is 5.85. The third-order valence-electron chi connectivity index (χ3n) is 2.69. The van der Waals surface area contributed by atoms with Crippen molar-refractivity contribution in [3.05, 3.63) is 59.4 Å². The molecule has 20 heavy (non-hydrogen) atoms. The van der Waals surface area contributed by atoms with Crippen molar-refractivity contribution >= 4 is 22.5 Å². The molecule has 0 N–H and O–H groups in total. The molecule has 5 heteroatoms. The van der Waals surface area contributed by atoms with Gasteiger partial charge in [-0.3, -0.25) is 4.98 Å². The molecule has 0 unspecified atom stereocenters. The minimum absolute atomic E-state index is 0.216. The van der Waals surface area contributed by atoms with Crippen LogP contribution in [-0.4, -0.2) is 9.97 Å². The molecule has 3 rings (SSSR count). The summed E-state index contributed by atoms with van der Waals surface area (Å²) in [6, 6.07) is 14.6. The van der Waals surface area contributed by atoms with Gasteiger partial charge in [0, 0.05) is 11.5 Å². The van der Waals surface area contributed by atoms with Gasteiger partial charge in [0.25, 0.3) is 0 Å². The number of ether oxygens (including phenoxy) is 1. The van der Waals surface area contributed by atoms with E-state index in [9.17, 15) is 0 Å². The van der Waals surface area contributed by atoms with E-state index in [2.05, 4.69) is 9.97 Å². The van der Waals surface area contributed by atoms with E-state index in [4.69, 9.17) is 21.6 Å². The molecule has 0 radical (unpaired) electrons. The highest BCUT2D eigenvalue weighted by Crippen LogP contribution is 2.24. The van der Waals surface area contributed by atoms with Crippen molar-refractivity contribution in [2.75, 3.05) is 0 Å². The van der Waals surface area contributed by atoms with Gasteiger partial charge < -0.3 is 4.74 Å². The van der Waals surface area contributed by atoms with Gasteiger partial charge in [-0.25, -0.2) is 4.98 Å². The molecule has 0 amide bonds. The Labute approximate surface area is 120 Å². The fraction of sp³-hybridized carbons (Fsp3) is 0. The number of hydrogen-bond donors (Lipinski definition) is 0. The number of aromatic nitrogens is 2. The van der Waals surface area contributed by atoms with Gasteiger partial charge in [0.1, 0.15) is 10.9 Å². The molecular weight excluding hydrogens is 274 g/mol. The zero-order valence-electron chi connectivity index (χ0n) is 10.2. The van der Waals surface area contributed by atoms with Crippen molar-refractivity contribution in [3.8, 4) is 17.7 Å². The molecule has 1 aromatic carbocycles. The van der Waals surface area contributed by atoms with Crippen LogP contribution in [0.3, 0.4) is 0 Å². The van der Waals surface area contributed by atoms with E-state index in [1.54, 1.807) is 6.20 Å². The van der Waals surface area contributed by atoms with Crippen LogP contribution in [0.5, 0.6) is 11.6 Å². The molecule has 0 spiro atoms. The summed E-state index contributed by atoms with van der Waals surface area (Å²) < 4.78 is 5.60. The lowest BCUT2D eigenvalue weighted by Crippen LogP contribution is -1.91. The van der Waals surface area contributed by atoms with Crippen LogP contribution in [0.15, 0.2) is 48.7 Å². The Bertz CT molecular complexity index is 827. The lowest BCUT2D eigenvalue weighted by atomic mass is 10.2. The molecule has 0 aliphatic rings. The molecule has 0 saturated carbocycles. The molecule has 0 saturated heterocycles. The highest BCUT2D eigenvalue weighted by molar-refractivity contribution is 6.29. The minimum Gasteiger partial charge on any atom is -0.437 e. The number of nitriles is 1. The number of benzene rings is 1. The van der Waals surface area contributed by atoms with Crippen molar-refractivity contribution in [2.45, 2.75) is 0 Å². The summed E-state index contributed by atoms with van der Waals surface area (Å²) in [5.74, 6) is 0.813. The fourth-order valence-corrected chi connectivity index (χ4v) is 2.02. The van der Waals surface area contributed by atoms with E-state index in [-0.39, 0.29) is 11.0 Å². The van der Waals surface area contributed by atoms with Gasteiger partial charge in [-0.2, -0.15) is 5.26 Å². The lowest BCUT2D eigenvalue weighted by molar-refractivity contribution is 0.461. The highest BCUT2D eigenvalue weighted by atomic mass is 35.5. The van der Waals surface area contributed by atoms with E-state index in [1.165, 1.54) is 12.1 Å². The number of rotatable bonds is 2. The van der Waals surface area contributed by atoms with Crippen molar-refractivity contribution in [1.29, 1.82) is 5.26 Å². The first-order valence-corrected chi connectivity index (χ1v) is 6.23. The van der Waals surface area contributed by atoms with Crippen LogP contribution in [0, 0.1) is 11.3 Å². The molecule has 0 bridgehead atoms. The Kier molecular flexibility index (Phi) is 3.20. The van der Waals surface area contributed by atoms with Crippen molar-refractivity contribution in [3.63, 3.8) is 0 Å². The second kappa shape index (κ2) is 5.16. The van der Waals surface area contributed by atoms with Crippen LogP contribution >= 0.6 is 11.6 Å². The van der Waals surface area contributed by atoms with Gasteiger partial charge in [-0.05, 0) is 18.2 Å². The number of nitrogens with zero attached hydrogens (tertiary/aromatic N) is 3. The maximum absolute atomic E-state index is 8.89. The van der Waals surface area contributed by atoms with Gasteiger partial charge in [0.05, 0.1) is 23.3 Å². The predicted molar refractivity (Wildman–Crippen MR) is 75.8 cm³/mol. The smallest absolute Gasteiger partial charge is 0.222 e. The largest absolute Gasteiger partial charge is 0.437 e. The first-order chi connectivity index (χ1) is 9.74. The lowest BCUT2D eigenvalue weighted by Gasteiger charge is -2.06. The molecular formula is C15H8ClN3O. The monoisotopic (exact) mass is 281 g/mol. The average Bonchev–Trinajstić information content (AvgIpc) is 2.46. The maximum Gasteiger partial charge on any atom is 0.222 e. The molecule has 4 nitrogen and oxygen atoms in total. The molecule has 0 fully saturated rings. The van der Waals surface area contributed by atoms with Gasteiger partial charge in [-0.1, -0.05) is 29.8 Å². The second-order valence-corrected chi connectivity index (χ2v) is 4.48. The topological polar surface area (TPSA) is 58.8 Å². The van der Waals surface area contributed by atoms with Crippen molar-refractivity contribution in [1.82, 2.24) is 9.97 Å². The van der Waals surface area contributed by atoms with E-state index >= 15 is 0 Å². The summed E-state index contributed by atoms with van der Waals surface area (Å²) in [5.41, 5.74) is 1.28. The number of halogens is 1. The van der Waals surface area contributed by atoms with Crippen LogP contribution < -0.4 is 4.74 Å². The summed E-state index contributed by atoms with van der Waals surface area (Å²) in [4.78, 5) is 8.31. The van der Waals surface area contributed by atoms with Crippen LogP contribution in [0.2, 0.25) is 5.15 Å². The Balaban J connectivity index is 1.97. The zero-order chi connectivity index (χ0) is 13.9. The van der Waals surface area contributed by atoms with Gasteiger partial charge in [0.2, 0.25) is 5.88 Å². The van der Waals surface area contributed by atoms with Crippen molar-refractivity contribution in [2.24, 2.45) is 0 Å². The Morgan fingerprint density at radius 3 is 2.85 bits per heavy atom. The molecule has 96 valence electrons. The molecule has 2 heterocycles. The summed E-state index contributed by atoms with van der Waals surface area (Å²) in [6.45, 7) is 0. The van der Waals surface area contributed by atoms with Gasteiger partial charge in [-0.15, -0.1) is 0 Å². The van der Waals surface area contributed by atoms with E-state index in [1.807, 2.05) is 36.4 Å². The van der Waals surface area contributed by atoms with Crippen LogP contribution in [-0.2, 0) is 0 Å². The molecule has 0 atom stereocenters. The highest BCUT2D eigenvalue weighted by Gasteiger charge is 2.05. The number of pyridine rings is 2. The zero-order valence-corrected chi connectivity index (χ0v) is 11.0. The van der Waals surface area contributed by atoms with Gasteiger partial charge in [0.15, 0.2) is 0 Å². The summed E-state index contributed by atoms with van der Waals surface area (Å²) in [6.07, 6.45) is 1.61. The molecule has 0 aliphatic heterocycles. The first kappa shape index (κ1) is 12.4. The second-order valence-electron chi connectivity index (χ2n) is 4.09. The van der Waals surface area contributed by atoms with Crippen LogP contribution in [0.25, 0.3) is 10.9 Å². The van der Waals surface area contributed by atoms with E-state index in [0.717, 1.165) is 10.9 Å². The summed E-state index contributed by atoms with van der Waals surface area (Å²) in [5, 5.41) is 10.1. The van der Waals surface area contributed by atoms with Gasteiger partial charge >= 0.3 is 0 Å². The molecule has 2 aromatic heterocycles. The summed E-state index contributed by atoms with van der Waals surface area (Å²) in [7, 11) is 0. The molecule has 0 aliphatic carbocycles. The number of hydrogen-bond acceptors (Lipinski definition) is 4. The van der Waals surface area contributed by atoms with Crippen molar-refractivity contribution < 1.29 is 4.74 Å². The Hall–Kier alpha value is -2.64. The normalized spacial score (nSPS) is 10.2. The molecule has 3 aromatic rings. The standard InChI is InChI=1S/C15H8ClN3O/c16-14-5-10(8-17)6-15(19-14)20-12-7-11-3-1-2-4-13(11)18-9-12/h1-7,9H. The number of para-hydroxylation sites is 1. The van der Waals surface area contributed by atoms with Crippen LogP contribution in [0.4, 0.5) is 0 Å². The predicted octanol–water partition coefficient (Wildman–Crippen LogP) is 3.95. The SMILES string of the molecule is N#Cc1cc(Cl)nc(Oc2cnc3ccccc3c2)c1. The maximum atomic E-state index is 8.89. The van der Waals surface area contributed by atoms with Crippen LogP contribution in [0.1, 0.15) is 5.56 Å². The van der Waals surface area contributed by atoms with E-state index < -0.39 is 0 Å². The summed E-state index contributed by atoms with van der Waals surface area (Å²) >= 11 is 5.83. The van der Waals surface area contributed by atoms with E-state index in [0.29, 0.717) is 11.3 Å². The Morgan fingerprint density at radius 1 is 1.15 bits per heavy atom. The minimum atomic E-state index is 0.216. The Morgan fingerprint density at radius 2 is 2.00 bits per heavy atom. The average molecular weight is 282 g/mol. The third-order valence-corrected chi connectivity index (χ3v) is 2.88. The number of fused-ring (bicyclic) bond motifs is 1. The third kappa shape index (κ3) is 2.53. The fourth-order valence-electron chi connectivity index (χ4n) is 1.82.